The van der Waals surface area contributed by atoms with Gasteiger partial charge in [-0.3, -0.25) is 9.55 Å². The molecule has 3 aromatic heterocycles. The quantitative estimate of drug-likeness (QED) is 0.331. The Labute approximate surface area is 196 Å². The molecule has 0 saturated heterocycles. The monoisotopic (exact) mass is 440 g/mol. The molecule has 34 heavy (non-hydrogen) atoms. The number of pyridine rings is 2. The molecule has 0 saturated carbocycles. The summed E-state index contributed by atoms with van der Waals surface area (Å²) < 4.78 is 8.71. The van der Waals surface area contributed by atoms with Gasteiger partial charge >= 0.3 is 0 Å². The van der Waals surface area contributed by atoms with Crippen molar-refractivity contribution in [2.75, 3.05) is 5.32 Å². The van der Waals surface area contributed by atoms with Crippen LogP contribution < -0.4 is 10.1 Å². The molecule has 3 aromatic carbocycles. The lowest BCUT2D eigenvalue weighted by atomic mass is 10.1. The van der Waals surface area contributed by atoms with Gasteiger partial charge in [0.25, 0.3) is 0 Å². The molecule has 5 heteroatoms. The topological polar surface area (TPSA) is 52.0 Å². The summed E-state index contributed by atoms with van der Waals surface area (Å²) in [6.45, 7) is 0. The first kappa shape index (κ1) is 18.9. The number of fused-ring (bicyclic) bond motifs is 5. The van der Waals surface area contributed by atoms with Crippen LogP contribution in [0.25, 0.3) is 39.0 Å². The van der Waals surface area contributed by atoms with Crippen molar-refractivity contribution in [3.8, 4) is 23.0 Å². The van der Waals surface area contributed by atoms with Gasteiger partial charge in [-0.25, -0.2) is 4.98 Å². The van der Waals surface area contributed by atoms with E-state index in [0.29, 0.717) is 0 Å². The number of hydrogen-bond donors (Lipinski definition) is 1. The van der Waals surface area contributed by atoms with E-state index in [2.05, 4.69) is 63.4 Å². The molecule has 4 heterocycles. The maximum Gasteiger partial charge on any atom is 0.196 e. The van der Waals surface area contributed by atoms with Crippen molar-refractivity contribution in [1.82, 2.24) is 14.5 Å². The zero-order chi connectivity index (χ0) is 22.5. The lowest BCUT2D eigenvalue weighted by molar-refractivity contribution is 0.263. The van der Waals surface area contributed by atoms with Crippen LogP contribution in [0.2, 0.25) is 0 Å². The van der Waals surface area contributed by atoms with Crippen molar-refractivity contribution in [1.29, 1.82) is 0 Å². The van der Waals surface area contributed by atoms with Gasteiger partial charge in [0.1, 0.15) is 5.82 Å². The van der Waals surface area contributed by atoms with E-state index in [1.54, 1.807) is 6.20 Å². The van der Waals surface area contributed by atoms with Gasteiger partial charge in [-0.15, -0.1) is 0 Å². The minimum absolute atomic E-state index is 0.213. The summed E-state index contributed by atoms with van der Waals surface area (Å²) in [7, 11) is 0. The number of benzene rings is 3. The van der Waals surface area contributed by atoms with Gasteiger partial charge in [-0.05, 0) is 42.5 Å². The molecule has 0 amide bonds. The second-order valence-electron chi connectivity index (χ2n) is 8.34. The Kier molecular flexibility index (Phi) is 4.14. The van der Waals surface area contributed by atoms with Crippen molar-refractivity contribution < 1.29 is 4.74 Å². The van der Waals surface area contributed by atoms with Crippen LogP contribution in [0.3, 0.4) is 0 Å². The Morgan fingerprint density at radius 3 is 2.41 bits per heavy atom. The fourth-order valence-electron chi connectivity index (χ4n) is 4.78. The Morgan fingerprint density at radius 1 is 0.706 bits per heavy atom. The highest BCUT2D eigenvalue weighted by Gasteiger charge is 2.28. The van der Waals surface area contributed by atoms with Gasteiger partial charge < -0.3 is 10.1 Å². The number of ether oxygens (including phenoxy) is 1. The molecule has 1 aliphatic rings. The van der Waals surface area contributed by atoms with E-state index < -0.39 is 0 Å². The summed E-state index contributed by atoms with van der Waals surface area (Å²) in [5.41, 5.74) is 5.93. The molecule has 0 fully saturated rings. The largest absolute Gasteiger partial charge is 0.464 e. The molecule has 7 rings (SSSR count). The number of hydrogen-bond acceptors (Lipinski definition) is 4. The first-order valence-corrected chi connectivity index (χ1v) is 11.3. The normalized spacial score (nSPS) is 14.6. The van der Waals surface area contributed by atoms with Gasteiger partial charge in [0.2, 0.25) is 0 Å². The summed E-state index contributed by atoms with van der Waals surface area (Å²) in [5.74, 6) is 1.72. The van der Waals surface area contributed by atoms with E-state index in [-0.39, 0.29) is 6.23 Å². The molecule has 0 aliphatic carbocycles. The van der Waals surface area contributed by atoms with Gasteiger partial charge in [0.15, 0.2) is 12.0 Å². The van der Waals surface area contributed by atoms with E-state index in [1.165, 1.54) is 0 Å². The lowest BCUT2D eigenvalue weighted by Crippen LogP contribution is -2.09. The molecule has 5 nitrogen and oxygen atoms in total. The molecule has 0 spiro atoms. The number of anilines is 1. The third kappa shape index (κ3) is 2.87. The summed E-state index contributed by atoms with van der Waals surface area (Å²) in [6.07, 6.45) is 1.58. The highest BCUT2D eigenvalue weighted by atomic mass is 16.5. The number of nitrogens with zero attached hydrogens (tertiary/aromatic N) is 3. The van der Waals surface area contributed by atoms with E-state index >= 15 is 0 Å². The average Bonchev–Trinajstić information content (AvgIpc) is 3.49. The van der Waals surface area contributed by atoms with E-state index in [4.69, 9.17) is 9.72 Å². The summed E-state index contributed by atoms with van der Waals surface area (Å²) >= 11 is 0. The highest BCUT2D eigenvalue weighted by molar-refractivity contribution is 6.14. The van der Waals surface area contributed by atoms with Crippen LogP contribution in [0.15, 0.2) is 109 Å². The third-order valence-corrected chi connectivity index (χ3v) is 6.31. The fraction of sp³-hybridized carbons (Fsp3) is 0.0345. The minimum Gasteiger partial charge on any atom is -0.464 e. The molecule has 1 N–H and O–H groups in total. The van der Waals surface area contributed by atoms with Crippen LogP contribution in [0, 0.1) is 0 Å². The van der Waals surface area contributed by atoms with Crippen molar-refractivity contribution in [3.63, 3.8) is 0 Å². The number of para-hydroxylation sites is 1. The molecule has 162 valence electrons. The SMILES string of the molecule is c1ccc(C2Nc3ccc4c(c3O2)c2ccccc2n4-c2cccc(-c3ccccn3)n2)cc1. The van der Waals surface area contributed by atoms with Crippen LogP contribution in [0.5, 0.6) is 5.75 Å². The molecule has 6 aromatic rings. The van der Waals surface area contributed by atoms with Gasteiger partial charge in [0, 0.05) is 17.1 Å². The van der Waals surface area contributed by atoms with Gasteiger partial charge in [-0.2, -0.15) is 0 Å². The molecular weight excluding hydrogens is 420 g/mol. The fourth-order valence-corrected chi connectivity index (χ4v) is 4.78. The number of rotatable bonds is 3. The Bertz CT molecular complexity index is 1660. The molecular formula is C29H20N4O. The summed E-state index contributed by atoms with van der Waals surface area (Å²) in [5, 5.41) is 5.75. The minimum atomic E-state index is -0.213. The van der Waals surface area contributed by atoms with Crippen molar-refractivity contribution in [2.45, 2.75) is 6.23 Å². The first-order valence-electron chi connectivity index (χ1n) is 11.3. The molecule has 0 radical (unpaired) electrons. The number of nitrogens with one attached hydrogen (secondary N) is 1. The Morgan fingerprint density at radius 2 is 1.53 bits per heavy atom. The van der Waals surface area contributed by atoms with Crippen LogP contribution in [-0.4, -0.2) is 14.5 Å². The van der Waals surface area contributed by atoms with E-state index in [0.717, 1.165) is 56.0 Å². The Hall–Kier alpha value is -4.64. The molecule has 1 atom stereocenters. The predicted molar refractivity (Wildman–Crippen MR) is 135 cm³/mol. The predicted octanol–water partition coefficient (Wildman–Crippen LogP) is 6.74. The zero-order valence-corrected chi connectivity index (χ0v) is 18.2. The first-order chi connectivity index (χ1) is 16.9. The lowest BCUT2D eigenvalue weighted by Gasteiger charge is -2.11. The second-order valence-corrected chi connectivity index (χ2v) is 8.34. The number of aromatic nitrogens is 3. The Balaban J connectivity index is 1.44. The van der Waals surface area contributed by atoms with Crippen LogP contribution in [0.4, 0.5) is 5.69 Å². The van der Waals surface area contributed by atoms with Crippen molar-refractivity contribution in [2.24, 2.45) is 0 Å². The standard InChI is InChI=1S/C29H20N4O/c1-2-9-19(10-3-1)29-32-23-16-17-25-27(28(23)34-29)20-11-4-5-14-24(20)33(25)26-15-8-13-22(31-26)21-12-6-7-18-30-21/h1-18,29,32H. The molecule has 0 bridgehead atoms. The smallest absolute Gasteiger partial charge is 0.196 e. The second kappa shape index (κ2) is 7.46. The van der Waals surface area contributed by atoms with Crippen LogP contribution in [-0.2, 0) is 0 Å². The van der Waals surface area contributed by atoms with Gasteiger partial charge in [0.05, 0.1) is 33.5 Å². The van der Waals surface area contributed by atoms with Crippen LogP contribution in [0.1, 0.15) is 11.8 Å². The zero-order valence-electron chi connectivity index (χ0n) is 18.2. The molecule has 1 unspecified atom stereocenters. The third-order valence-electron chi connectivity index (χ3n) is 6.31. The van der Waals surface area contributed by atoms with E-state index in [9.17, 15) is 0 Å². The van der Waals surface area contributed by atoms with Gasteiger partial charge in [-0.1, -0.05) is 60.7 Å². The maximum atomic E-state index is 6.50. The molecule has 1 aliphatic heterocycles. The summed E-state index contributed by atoms with van der Waals surface area (Å²) in [4.78, 5) is 9.47. The van der Waals surface area contributed by atoms with Crippen molar-refractivity contribution in [3.05, 3.63) is 115 Å². The van der Waals surface area contributed by atoms with Crippen LogP contribution >= 0.6 is 0 Å². The summed E-state index contributed by atoms with van der Waals surface area (Å²) in [6, 6.07) is 34.8. The average molecular weight is 441 g/mol. The van der Waals surface area contributed by atoms with E-state index in [1.807, 2.05) is 54.6 Å². The van der Waals surface area contributed by atoms with Crippen molar-refractivity contribution >= 4 is 27.5 Å². The highest BCUT2D eigenvalue weighted by Crippen LogP contribution is 2.47. The maximum absolute atomic E-state index is 6.50.